The lowest BCUT2D eigenvalue weighted by atomic mass is 9.97. The number of rotatable bonds is 4. The molecule has 1 heterocycles. The van der Waals surface area contributed by atoms with Gasteiger partial charge in [-0.05, 0) is 43.9 Å². The van der Waals surface area contributed by atoms with Gasteiger partial charge in [0.25, 0.3) is 0 Å². The first-order valence-corrected chi connectivity index (χ1v) is 8.14. The van der Waals surface area contributed by atoms with Crippen LogP contribution in [0.25, 0.3) is 0 Å². The van der Waals surface area contributed by atoms with Crippen molar-refractivity contribution in [2.24, 2.45) is 11.8 Å². The Bertz CT molecular complexity index is 373. The molecule has 3 fully saturated rings. The fourth-order valence-corrected chi connectivity index (χ4v) is 3.99. The number of carbonyl (C=O) groups is 1. The molecule has 4 heteroatoms. The van der Waals surface area contributed by atoms with E-state index in [0.29, 0.717) is 12.1 Å². The number of hydrogen-bond donors (Lipinski definition) is 1. The summed E-state index contributed by atoms with van der Waals surface area (Å²) in [5, 5.41) is 3.59. The molecule has 0 aromatic rings. The first-order valence-electron chi connectivity index (χ1n) is 8.14. The molecule has 1 aliphatic heterocycles. The summed E-state index contributed by atoms with van der Waals surface area (Å²) in [6.07, 6.45) is 5.40. The van der Waals surface area contributed by atoms with E-state index in [1.54, 1.807) is 0 Å². The molecule has 4 atom stereocenters. The molecular weight excluding hydrogens is 252 g/mol. The zero-order valence-corrected chi connectivity index (χ0v) is 13.0. The van der Waals surface area contributed by atoms with Gasteiger partial charge in [-0.1, -0.05) is 13.8 Å². The second-order valence-electron chi connectivity index (χ2n) is 7.30. The predicted octanol–water partition coefficient (Wildman–Crippen LogP) is 1.79. The average molecular weight is 280 g/mol. The van der Waals surface area contributed by atoms with Crippen LogP contribution in [0.15, 0.2) is 0 Å². The van der Waals surface area contributed by atoms with E-state index in [1.807, 2.05) is 0 Å². The van der Waals surface area contributed by atoms with E-state index in [1.165, 1.54) is 33.0 Å². The highest BCUT2D eigenvalue weighted by Gasteiger charge is 2.50. The van der Waals surface area contributed by atoms with E-state index >= 15 is 0 Å². The Morgan fingerprint density at radius 3 is 2.40 bits per heavy atom. The number of ether oxygens (including phenoxy) is 1. The van der Waals surface area contributed by atoms with Crippen LogP contribution in [0.1, 0.15) is 46.0 Å². The Labute approximate surface area is 122 Å². The number of esters is 1. The smallest absolute Gasteiger partial charge is 0.326 e. The third-order valence-corrected chi connectivity index (χ3v) is 5.66. The Morgan fingerprint density at radius 1 is 1.20 bits per heavy atom. The molecule has 0 amide bonds. The number of hydrogen-bond acceptors (Lipinski definition) is 4. The molecule has 1 saturated heterocycles. The highest BCUT2D eigenvalue weighted by atomic mass is 16.5. The molecule has 2 saturated carbocycles. The van der Waals surface area contributed by atoms with Gasteiger partial charge in [0.15, 0.2) is 0 Å². The first-order chi connectivity index (χ1) is 9.54. The highest BCUT2D eigenvalue weighted by Crippen LogP contribution is 2.39. The number of methoxy groups -OCH3 is 1. The minimum atomic E-state index is -0.407. The number of carbonyl (C=O) groups excluding carboxylic acids is 1. The SMILES string of the molecule is COC(=O)C1(NC2CC2)CCC(N2CC(C)C(C)C2)C1. The number of nitrogens with zero attached hydrogens (tertiary/aromatic N) is 1. The normalized spacial score (nSPS) is 42.0. The second kappa shape index (κ2) is 5.30. The van der Waals surface area contributed by atoms with Gasteiger partial charge in [0.2, 0.25) is 0 Å². The monoisotopic (exact) mass is 280 g/mol. The zero-order valence-electron chi connectivity index (χ0n) is 13.0. The fraction of sp³-hybridized carbons (Fsp3) is 0.938. The van der Waals surface area contributed by atoms with Crippen molar-refractivity contribution in [3.05, 3.63) is 0 Å². The molecule has 114 valence electrons. The molecule has 2 aliphatic carbocycles. The largest absolute Gasteiger partial charge is 0.468 e. The number of nitrogens with one attached hydrogen (secondary N) is 1. The van der Waals surface area contributed by atoms with Gasteiger partial charge in [0.1, 0.15) is 5.54 Å². The third kappa shape index (κ3) is 2.60. The van der Waals surface area contributed by atoms with Crippen molar-refractivity contribution < 1.29 is 9.53 Å². The maximum Gasteiger partial charge on any atom is 0.326 e. The lowest BCUT2D eigenvalue weighted by molar-refractivity contribution is -0.148. The Hall–Kier alpha value is -0.610. The molecule has 3 rings (SSSR count). The average Bonchev–Trinajstić information content (AvgIpc) is 3.03. The summed E-state index contributed by atoms with van der Waals surface area (Å²) in [6, 6.07) is 1.09. The maximum atomic E-state index is 12.3. The quantitative estimate of drug-likeness (QED) is 0.797. The van der Waals surface area contributed by atoms with Gasteiger partial charge in [-0.3, -0.25) is 15.0 Å². The molecule has 0 aromatic heterocycles. The summed E-state index contributed by atoms with van der Waals surface area (Å²) >= 11 is 0. The van der Waals surface area contributed by atoms with E-state index in [-0.39, 0.29) is 5.97 Å². The summed E-state index contributed by atoms with van der Waals surface area (Å²) in [7, 11) is 1.52. The van der Waals surface area contributed by atoms with Crippen LogP contribution in [0.3, 0.4) is 0 Å². The topological polar surface area (TPSA) is 41.6 Å². The molecule has 4 unspecified atom stereocenters. The third-order valence-electron chi connectivity index (χ3n) is 5.66. The molecule has 1 N–H and O–H groups in total. The highest BCUT2D eigenvalue weighted by molar-refractivity contribution is 5.81. The van der Waals surface area contributed by atoms with Crippen molar-refractivity contribution in [1.82, 2.24) is 10.2 Å². The van der Waals surface area contributed by atoms with E-state index in [4.69, 9.17) is 4.74 Å². The first kappa shape index (κ1) is 14.3. The Balaban J connectivity index is 1.67. The Kier molecular flexibility index (Phi) is 3.80. The van der Waals surface area contributed by atoms with Gasteiger partial charge in [-0.15, -0.1) is 0 Å². The molecule has 3 aliphatic rings. The van der Waals surface area contributed by atoms with E-state index in [0.717, 1.165) is 31.1 Å². The minimum absolute atomic E-state index is 0.0489. The van der Waals surface area contributed by atoms with Gasteiger partial charge in [0.05, 0.1) is 7.11 Å². The van der Waals surface area contributed by atoms with Crippen molar-refractivity contribution in [3.8, 4) is 0 Å². The lowest BCUT2D eigenvalue weighted by Gasteiger charge is -2.30. The molecule has 20 heavy (non-hydrogen) atoms. The van der Waals surface area contributed by atoms with Crippen LogP contribution in [0, 0.1) is 11.8 Å². The Morgan fingerprint density at radius 2 is 1.85 bits per heavy atom. The van der Waals surface area contributed by atoms with Gasteiger partial charge >= 0.3 is 5.97 Å². The van der Waals surface area contributed by atoms with Crippen LogP contribution >= 0.6 is 0 Å². The predicted molar refractivity (Wildman–Crippen MR) is 78.4 cm³/mol. The van der Waals surface area contributed by atoms with Crippen molar-refractivity contribution in [1.29, 1.82) is 0 Å². The van der Waals surface area contributed by atoms with E-state index < -0.39 is 5.54 Å². The molecule has 0 bridgehead atoms. The van der Waals surface area contributed by atoms with Gasteiger partial charge in [-0.25, -0.2) is 0 Å². The standard InChI is InChI=1S/C16H28N2O2/c1-11-9-18(10-12(11)2)14-6-7-16(8-14,15(19)20-3)17-13-4-5-13/h11-14,17H,4-10H2,1-3H3. The molecule has 0 aromatic carbocycles. The number of likely N-dealkylation sites (tertiary alicyclic amines) is 1. The van der Waals surface area contributed by atoms with Crippen molar-refractivity contribution in [2.45, 2.75) is 63.6 Å². The van der Waals surface area contributed by atoms with Crippen LogP contribution in [0.4, 0.5) is 0 Å². The second-order valence-corrected chi connectivity index (χ2v) is 7.30. The van der Waals surface area contributed by atoms with Crippen molar-refractivity contribution >= 4 is 5.97 Å². The van der Waals surface area contributed by atoms with E-state index in [2.05, 4.69) is 24.1 Å². The van der Waals surface area contributed by atoms with Crippen molar-refractivity contribution in [3.63, 3.8) is 0 Å². The summed E-state index contributed by atoms with van der Waals surface area (Å²) in [6.45, 7) is 7.06. The molecular formula is C16H28N2O2. The maximum absolute atomic E-state index is 12.3. The summed E-state index contributed by atoms with van der Waals surface area (Å²) < 4.78 is 5.10. The van der Waals surface area contributed by atoms with Gasteiger partial charge in [-0.2, -0.15) is 0 Å². The van der Waals surface area contributed by atoms with Crippen LogP contribution < -0.4 is 5.32 Å². The van der Waals surface area contributed by atoms with Crippen molar-refractivity contribution in [2.75, 3.05) is 20.2 Å². The lowest BCUT2D eigenvalue weighted by Crippen LogP contribution is -2.52. The summed E-state index contributed by atoms with van der Waals surface area (Å²) in [5.41, 5.74) is -0.407. The van der Waals surface area contributed by atoms with Crippen LogP contribution in [0.2, 0.25) is 0 Å². The molecule has 0 spiro atoms. The van der Waals surface area contributed by atoms with Crippen LogP contribution in [-0.2, 0) is 9.53 Å². The van der Waals surface area contributed by atoms with E-state index in [9.17, 15) is 4.79 Å². The van der Waals surface area contributed by atoms with Gasteiger partial charge < -0.3 is 4.74 Å². The van der Waals surface area contributed by atoms with Crippen LogP contribution in [-0.4, -0.2) is 48.7 Å². The van der Waals surface area contributed by atoms with Crippen LogP contribution in [0.5, 0.6) is 0 Å². The molecule has 4 nitrogen and oxygen atoms in total. The fourth-order valence-electron chi connectivity index (χ4n) is 3.99. The summed E-state index contributed by atoms with van der Waals surface area (Å²) in [4.78, 5) is 14.9. The zero-order chi connectivity index (χ0) is 14.3. The van der Waals surface area contributed by atoms with Gasteiger partial charge in [0, 0.05) is 25.2 Å². The summed E-state index contributed by atoms with van der Waals surface area (Å²) in [5.74, 6) is 1.51. The molecule has 0 radical (unpaired) electrons. The minimum Gasteiger partial charge on any atom is -0.468 e.